The van der Waals surface area contributed by atoms with Crippen LogP contribution >= 0.6 is 12.4 Å². The highest BCUT2D eigenvalue weighted by Crippen LogP contribution is 2.33. The second kappa shape index (κ2) is 9.27. The monoisotopic (exact) mass is 407 g/mol. The lowest BCUT2D eigenvalue weighted by atomic mass is 9.74. The minimum Gasteiger partial charge on any atom is -0.339 e. The van der Waals surface area contributed by atoms with Crippen molar-refractivity contribution in [3.8, 4) is 0 Å². The fourth-order valence-corrected chi connectivity index (χ4v) is 4.34. The van der Waals surface area contributed by atoms with E-state index in [1.165, 1.54) is 0 Å². The van der Waals surface area contributed by atoms with Gasteiger partial charge < -0.3 is 16.0 Å². The molecule has 156 valence electrons. The second-order valence-electron chi connectivity index (χ2n) is 8.80. The van der Waals surface area contributed by atoms with Crippen LogP contribution in [0, 0.1) is 18.8 Å². The second-order valence-corrected chi connectivity index (χ2v) is 8.80. The van der Waals surface area contributed by atoms with Gasteiger partial charge in [0.2, 0.25) is 5.91 Å². The van der Waals surface area contributed by atoms with Gasteiger partial charge in [-0.2, -0.15) is 0 Å². The Balaban J connectivity index is 0.00000280. The number of hydrogen-bond donors (Lipinski definition) is 2. The van der Waals surface area contributed by atoms with Crippen LogP contribution in [0.25, 0.3) is 0 Å². The average Bonchev–Trinajstić information content (AvgIpc) is 2.63. The molecule has 3 N–H and O–H groups in total. The molecule has 0 aromatic heterocycles. The Morgan fingerprint density at radius 3 is 2.46 bits per heavy atom. The number of hydrogen-bond acceptors (Lipinski definition) is 3. The number of carbonyl (C=O) groups excluding carboxylic acids is 2. The van der Waals surface area contributed by atoms with Gasteiger partial charge in [-0.1, -0.05) is 19.8 Å². The van der Waals surface area contributed by atoms with Crippen molar-refractivity contribution < 1.29 is 9.59 Å². The summed E-state index contributed by atoms with van der Waals surface area (Å²) < 4.78 is 0. The topological polar surface area (TPSA) is 75.4 Å². The van der Waals surface area contributed by atoms with Crippen LogP contribution in [0.5, 0.6) is 0 Å². The molecule has 2 fully saturated rings. The van der Waals surface area contributed by atoms with E-state index in [9.17, 15) is 9.59 Å². The van der Waals surface area contributed by atoms with Gasteiger partial charge >= 0.3 is 0 Å². The van der Waals surface area contributed by atoms with Crippen LogP contribution in [-0.2, 0) is 4.79 Å². The van der Waals surface area contributed by atoms with Crippen molar-refractivity contribution in [3.63, 3.8) is 0 Å². The van der Waals surface area contributed by atoms with Crippen LogP contribution in [0.15, 0.2) is 18.2 Å². The van der Waals surface area contributed by atoms with E-state index in [1.807, 2.05) is 36.9 Å². The third-order valence-electron chi connectivity index (χ3n) is 6.37. The maximum absolute atomic E-state index is 12.8. The number of nitrogens with one attached hydrogen (secondary N) is 1. The molecule has 1 aromatic rings. The van der Waals surface area contributed by atoms with Crippen LogP contribution in [0.2, 0.25) is 0 Å². The highest BCUT2D eigenvalue weighted by Gasteiger charge is 2.37. The molecule has 1 heterocycles. The summed E-state index contributed by atoms with van der Waals surface area (Å²) in [5.74, 6) is 0.611. The van der Waals surface area contributed by atoms with Gasteiger partial charge in [0.25, 0.3) is 5.91 Å². The predicted octanol–water partition coefficient (Wildman–Crippen LogP) is 4.14. The molecule has 1 saturated carbocycles. The third kappa shape index (κ3) is 5.06. The Hall–Kier alpha value is -1.59. The summed E-state index contributed by atoms with van der Waals surface area (Å²) in [5, 5.41) is 3.04. The van der Waals surface area contributed by atoms with E-state index in [2.05, 4.69) is 12.2 Å². The van der Waals surface area contributed by atoms with E-state index in [4.69, 9.17) is 5.73 Å². The quantitative estimate of drug-likeness (QED) is 0.790. The molecule has 5 nitrogen and oxygen atoms in total. The predicted molar refractivity (Wildman–Crippen MR) is 116 cm³/mol. The van der Waals surface area contributed by atoms with Gasteiger partial charge in [-0.25, -0.2) is 0 Å². The molecule has 1 saturated heterocycles. The van der Waals surface area contributed by atoms with Gasteiger partial charge in [-0.3, -0.25) is 9.59 Å². The number of anilines is 1. The molecule has 0 radical (unpaired) electrons. The maximum Gasteiger partial charge on any atom is 0.253 e. The van der Waals surface area contributed by atoms with Crippen molar-refractivity contribution >= 4 is 29.9 Å². The van der Waals surface area contributed by atoms with Crippen LogP contribution in [-0.4, -0.2) is 35.3 Å². The smallest absolute Gasteiger partial charge is 0.253 e. The van der Waals surface area contributed by atoms with E-state index < -0.39 is 5.54 Å². The first-order valence-electron chi connectivity index (χ1n) is 10.3. The minimum absolute atomic E-state index is 0. The first-order chi connectivity index (χ1) is 12.8. The summed E-state index contributed by atoms with van der Waals surface area (Å²) in [4.78, 5) is 27.5. The Labute approximate surface area is 174 Å². The lowest BCUT2D eigenvalue weighted by Gasteiger charge is -2.37. The molecule has 2 aliphatic rings. The summed E-state index contributed by atoms with van der Waals surface area (Å²) in [5.41, 5.74) is 8.29. The molecular formula is C22H34ClN3O2. The van der Waals surface area contributed by atoms with E-state index in [1.54, 1.807) is 0 Å². The first-order valence-corrected chi connectivity index (χ1v) is 10.3. The molecule has 6 heteroatoms. The van der Waals surface area contributed by atoms with Gasteiger partial charge in [0.1, 0.15) is 0 Å². The molecule has 0 spiro atoms. The van der Waals surface area contributed by atoms with E-state index >= 15 is 0 Å². The molecule has 3 rings (SSSR count). The van der Waals surface area contributed by atoms with Crippen molar-refractivity contribution in [2.75, 3.05) is 18.4 Å². The fourth-order valence-electron chi connectivity index (χ4n) is 4.34. The SMILES string of the molecule is Cc1cc(C(=O)N2CCC(C)CC2)ccc1NC(=O)C1CCCCC1(C)N.Cl. The lowest BCUT2D eigenvalue weighted by molar-refractivity contribution is -0.122. The van der Waals surface area contributed by atoms with Gasteiger partial charge in [0.15, 0.2) is 0 Å². The Kier molecular flexibility index (Phi) is 7.52. The van der Waals surface area contributed by atoms with Gasteiger partial charge in [0, 0.05) is 29.9 Å². The van der Waals surface area contributed by atoms with E-state index in [-0.39, 0.29) is 30.1 Å². The first kappa shape index (κ1) is 22.7. The largest absolute Gasteiger partial charge is 0.339 e. The fraction of sp³-hybridized carbons (Fsp3) is 0.636. The average molecular weight is 408 g/mol. The summed E-state index contributed by atoms with van der Waals surface area (Å²) in [7, 11) is 0. The molecule has 2 unspecified atom stereocenters. The summed E-state index contributed by atoms with van der Waals surface area (Å²) in [6.45, 7) is 7.81. The minimum atomic E-state index is -0.447. The van der Waals surface area contributed by atoms with Crippen molar-refractivity contribution in [2.45, 2.75) is 64.8 Å². The molecule has 2 atom stereocenters. The highest BCUT2D eigenvalue weighted by molar-refractivity contribution is 5.97. The van der Waals surface area contributed by atoms with Gasteiger partial charge in [-0.15, -0.1) is 12.4 Å². The Morgan fingerprint density at radius 2 is 1.86 bits per heavy atom. The number of nitrogens with two attached hydrogens (primary N) is 1. The zero-order chi connectivity index (χ0) is 19.6. The molecule has 1 aromatic carbocycles. The summed E-state index contributed by atoms with van der Waals surface area (Å²) in [6, 6.07) is 5.56. The Morgan fingerprint density at radius 1 is 1.18 bits per heavy atom. The number of carbonyl (C=O) groups is 2. The maximum atomic E-state index is 12.8. The zero-order valence-corrected chi connectivity index (χ0v) is 18.1. The van der Waals surface area contributed by atoms with Crippen LogP contribution in [0.3, 0.4) is 0 Å². The van der Waals surface area contributed by atoms with Crippen LogP contribution < -0.4 is 11.1 Å². The number of benzene rings is 1. The number of halogens is 1. The van der Waals surface area contributed by atoms with Gasteiger partial charge in [-0.05, 0) is 69.2 Å². The number of nitrogens with zero attached hydrogens (tertiary/aromatic N) is 1. The molecule has 1 aliphatic heterocycles. The molecule has 0 bridgehead atoms. The van der Waals surface area contributed by atoms with Crippen molar-refractivity contribution in [1.29, 1.82) is 0 Å². The molecular weight excluding hydrogens is 374 g/mol. The van der Waals surface area contributed by atoms with Crippen molar-refractivity contribution in [1.82, 2.24) is 4.90 Å². The Bertz CT molecular complexity index is 712. The number of aryl methyl sites for hydroxylation is 1. The molecule has 28 heavy (non-hydrogen) atoms. The number of rotatable bonds is 3. The van der Waals surface area contributed by atoms with Crippen molar-refractivity contribution in [2.24, 2.45) is 17.6 Å². The number of piperidine rings is 1. The van der Waals surface area contributed by atoms with Crippen molar-refractivity contribution in [3.05, 3.63) is 29.3 Å². The number of likely N-dealkylation sites (tertiary alicyclic amines) is 1. The third-order valence-corrected chi connectivity index (χ3v) is 6.37. The standard InChI is InChI=1S/C22H33N3O2.ClH/c1-15-9-12-25(13-10-15)21(27)17-7-8-19(16(2)14-17)24-20(26)18-6-4-5-11-22(18,3)23;/h7-8,14-15,18H,4-6,9-13,23H2,1-3H3,(H,24,26);1H. The molecule has 2 amide bonds. The zero-order valence-electron chi connectivity index (χ0n) is 17.3. The van der Waals surface area contributed by atoms with Crippen LogP contribution in [0.4, 0.5) is 5.69 Å². The van der Waals surface area contributed by atoms with Crippen LogP contribution in [0.1, 0.15) is 68.3 Å². The van der Waals surface area contributed by atoms with E-state index in [0.717, 1.165) is 62.9 Å². The van der Waals surface area contributed by atoms with Gasteiger partial charge in [0.05, 0.1) is 5.92 Å². The lowest BCUT2D eigenvalue weighted by Crippen LogP contribution is -2.51. The van der Waals surface area contributed by atoms with E-state index in [0.29, 0.717) is 11.5 Å². The normalized spacial score (nSPS) is 25.7. The number of amides is 2. The highest BCUT2D eigenvalue weighted by atomic mass is 35.5. The summed E-state index contributed by atoms with van der Waals surface area (Å²) in [6.07, 6.45) is 5.98. The molecule has 1 aliphatic carbocycles. The summed E-state index contributed by atoms with van der Waals surface area (Å²) >= 11 is 0.